The molecule has 1 aliphatic rings. The Labute approximate surface area is 169 Å². The van der Waals surface area contributed by atoms with Crippen LogP contribution in [0.5, 0.6) is 5.75 Å². The predicted molar refractivity (Wildman–Crippen MR) is 107 cm³/mol. The van der Waals surface area contributed by atoms with Crippen LogP contribution in [0.3, 0.4) is 0 Å². The van der Waals surface area contributed by atoms with Crippen LogP contribution in [-0.2, 0) is 9.53 Å². The molecule has 1 aliphatic heterocycles. The summed E-state index contributed by atoms with van der Waals surface area (Å²) in [7, 11) is 1.58. The molecule has 1 fully saturated rings. The number of methoxy groups -OCH3 is 1. The molecule has 1 aromatic carbocycles. The van der Waals surface area contributed by atoms with Crippen molar-refractivity contribution >= 4 is 22.9 Å². The molecule has 3 rings (SSSR count). The van der Waals surface area contributed by atoms with Crippen molar-refractivity contribution in [3.05, 3.63) is 24.0 Å². The second-order valence-corrected chi connectivity index (χ2v) is 7.50. The van der Waals surface area contributed by atoms with Crippen molar-refractivity contribution in [3.8, 4) is 5.75 Å². The Balaban J connectivity index is 2.02. The molecule has 9 heteroatoms. The van der Waals surface area contributed by atoms with Gasteiger partial charge in [0.25, 0.3) is 0 Å². The summed E-state index contributed by atoms with van der Waals surface area (Å²) in [5.41, 5.74) is 6.82. The average Bonchev–Trinajstić information content (AvgIpc) is 3.08. The number of amides is 1. The maximum Gasteiger partial charge on any atom is 0.372 e. The van der Waals surface area contributed by atoms with Crippen LogP contribution < -0.4 is 10.5 Å². The van der Waals surface area contributed by atoms with Crippen LogP contribution in [0.1, 0.15) is 43.3 Å². The topological polar surface area (TPSA) is 120 Å². The molecule has 2 atom stereocenters. The van der Waals surface area contributed by atoms with Crippen LogP contribution in [-0.4, -0.2) is 70.4 Å². The number of rotatable bonds is 8. The number of ether oxygens (including phenoxy) is 2. The standard InChI is InChI=1S/C20H28N4O5/c1-12(2)23-8-7-13(11-15(23)18(21)25)24-14-5-4-6-16(29-10-9-28-3)17(14)22-19(24)20(26)27/h4-6,12-13,15H,7-11H2,1-3H3,(H2,21,25)(H,26,27). The molecule has 9 nitrogen and oxygen atoms in total. The van der Waals surface area contributed by atoms with Crippen LogP contribution in [0.2, 0.25) is 0 Å². The highest BCUT2D eigenvalue weighted by Crippen LogP contribution is 2.35. The Hall–Kier alpha value is -2.65. The Morgan fingerprint density at radius 1 is 1.34 bits per heavy atom. The number of likely N-dealkylation sites (tertiary alicyclic amines) is 1. The molecular weight excluding hydrogens is 376 g/mol. The Kier molecular flexibility index (Phi) is 6.39. The van der Waals surface area contributed by atoms with E-state index in [1.54, 1.807) is 17.7 Å². The summed E-state index contributed by atoms with van der Waals surface area (Å²) in [5.74, 6) is -1.07. The van der Waals surface area contributed by atoms with Gasteiger partial charge in [0.2, 0.25) is 11.7 Å². The van der Waals surface area contributed by atoms with Crippen LogP contribution in [0.25, 0.3) is 11.0 Å². The first-order chi connectivity index (χ1) is 13.8. The van der Waals surface area contributed by atoms with Crippen molar-refractivity contribution in [1.29, 1.82) is 0 Å². The van der Waals surface area contributed by atoms with Crippen molar-refractivity contribution in [3.63, 3.8) is 0 Å². The summed E-state index contributed by atoms with van der Waals surface area (Å²) in [4.78, 5) is 30.4. The molecule has 2 unspecified atom stereocenters. The SMILES string of the molecule is COCCOc1cccc2c1nc(C(=O)O)n2C1CCN(C(C)C)C(C(N)=O)C1. The summed E-state index contributed by atoms with van der Waals surface area (Å²) in [6.45, 7) is 5.45. The van der Waals surface area contributed by atoms with E-state index in [-0.39, 0.29) is 17.9 Å². The molecule has 0 spiro atoms. The van der Waals surface area contributed by atoms with Gasteiger partial charge in [-0.1, -0.05) is 6.07 Å². The Morgan fingerprint density at radius 2 is 2.10 bits per heavy atom. The number of fused-ring (bicyclic) bond motifs is 1. The first-order valence-electron chi connectivity index (χ1n) is 9.76. The molecule has 2 aromatic rings. The number of piperidine rings is 1. The van der Waals surface area contributed by atoms with E-state index in [2.05, 4.69) is 9.88 Å². The molecule has 1 amide bonds. The van der Waals surface area contributed by atoms with Crippen LogP contribution >= 0.6 is 0 Å². The molecule has 0 bridgehead atoms. The van der Waals surface area contributed by atoms with Crippen molar-refractivity contribution < 1.29 is 24.2 Å². The van der Waals surface area contributed by atoms with E-state index in [1.807, 2.05) is 26.0 Å². The van der Waals surface area contributed by atoms with Gasteiger partial charge in [0.15, 0.2) is 0 Å². The van der Waals surface area contributed by atoms with Gasteiger partial charge in [0.1, 0.15) is 17.9 Å². The summed E-state index contributed by atoms with van der Waals surface area (Å²) in [6, 6.07) is 4.92. The van der Waals surface area contributed by atoms with E-state index in [9.17, 15) is 14.7 Å². The van der Waals surface area contributed by atoms with Crippen molar-refractivity contribution in [2.45, 2.75) is 44.8 Å². The smallest absolute Gasteiger partial charge is 0.372 e. The van der Waals surface area contributed by atoms with E-state index >= 15 is 0 Å². The molecule has 158 valence electrons. The molecule has 1 aromatic heterocycles. The number of para-hydroxylation sites is 1. The van der Waals surface area contributed by atoms with Crippen molar-refractivity contribution in [2.24, 2.45) is 5.73 Å². The lowest BCUT2D eigenvalue weighted by atomic mass is 9.94. The maximum atomic E-state index is 12.1. The molecule has 1 saturated heterocycles. The number of benzene rings is 1. The molecule has 29 heavy (non-hydrogen) atoms. The minimum Gasteiger partial charge on any atom is -0.489 e. The third-order valence-electron chi connectivity index (χ3n) is 5.39. The van der Waals surface area contributed by atoms with Gasteiger partial charge in [-0.15, -0.1) is 0 Å². The number of imidazole rings is 1. The van der Waals surface area contributed by atoms with Crippen molar-refractivity contribution in [1.82, 2.24) is 14.5 Å². The van der Waals surface area contributed by atoms with Gasteiger partial charge in [0.05, 0.1) is 18.2 Å². The quantitative estimate of drug-likeness (QED) is 0.642. The fraction of sp³-hybridized carbons (Fsp3) is 0.550. The molecular formula is C20H28N4O5. The number of carbonyl (C=O) groups excluding carboxylic acids is 1. The lowest BCUT2D eigenvalue weighted by Crippen LogP contribution is -2.52. The zero-order valence-electron chi connectivity index (χ0n) is 17.0. The van der Waals surface area contributed by atoms with E-state index < -0.39 is 17.9 Å². The van der Waals surface area contributed by atoms with Crippen LogP contribution in [0.4, 0.5) is 0 Å². The first-order valence-corrected chi connectivity index (χ1v) is 9.76. The molecule has 3 N–H and O–H groups in total. The van der Waals surface area contributed by atoms with Gasteiger partial charge in [-0.05, 0) is 38.8 Å². The third kappa shape index (κ3) is 4.20. The third-order valence-corrected chi connectivity index (χ3v) is 5.39. The van der Waals surface area contributed by atoms with Gasteiger partial charge in [-0.3, -0.25) is 9.69 Å². The predicted octanol–water partition coefficient (Wildman–Crippen LogP) is 1.66. The highest BCUT2D eigenvalue weighted by atomic mass is 16.5. The van der Waals surface area contributed by atoms with Crippen LogP contribution in [0, 0.1) is 0 Å². The molecule has 0 aliphatic carbocycles. The number of nitrogens with two attached hydrogens (primary N) is 1. The number of carboxylic acid groups (broad SMARTS) is 1. The monoisotopic (exact) mass is 404 g/mol. The number of hydrogen-bond acceptors (Lipinski definition) is 6. The van der Waals surface area contributed by atoms with E-state index in [0.717, 1.165) is 0 Å². The van der Waals surface area contributed by atoms with Crippen molar-refractivity contribution in [2.75, 3.05) is 26.9 Å². The number of primary amides is 1. The molecule has 2 heterocycles. The Bertz CT molecular complexity index is 894. The first kappa shape index (κ1) is 21.1. The van der Waals surface area contributed by atoms with Gasteiger partial charge in [-0.25, -0.2) is 9.78 Å². The number of aromatic nitrogens is 2. The van der Waals surface area contributed by atoms with Gasteiger partial charge < -0.3 is 24.9 Å². The summed E-state index contributed by atoms with van der Waals surface area (Å²) in [6.07, 6.45) is 1.14. The van der Waals surface area contributed by atoms with E-state index in [1.165, 1.54) is 0 Å². The van der Waals surface area contributed by atoms with Gasteiger partial charge >= 0.3 is 5.97 Å². The van der Waals surface area contributed by atoms with E-state index in [0.29, 0.717) is 49.4 Å². The lowest BCUT2D eigenvalue weighted by Gasteiger charge is -2.40. The maximum absolute atomic E-state index is 12.1. The molecule has 0 radical (unpaired) electrons. The second kappa shape index (κ2) is 8.79. The number of nitrogens with zero attached hydrogens (tertiary/aromatic N) is 3. The number of hydrogen-bond donors (Lipinski definition) is 2. The fourth-order valence-corrected chi connectivity index (χ4v) is 4.06. The van der Waals surface area contributed by atoms with Gasteiger partial charge in [0, 0.05) is 25.7 Å². The minimum absolute atomic E-state index is 0.0611. The second-order valence-electron chi connectivity index (χ2n) is 7.50. The van der Waals surface area contributed by atoms with Gasteiger partial charge in [-0.2, -0.15) is 0 Å². The number of aromatic carboxylic acids is 1. The number of carbonyl (C=O) groups is 2. The minimum atomic E-state index is -1.12. The van der Waals surface area contributed by atoms with Crippen LogP contribution in [0.15, 0.2) is 18.2 Å². The lowest BCUT2D eigenvalue weighted by molar-refractivity contribution is -0.126. The normalized spacial score (nSPS) is 20.3. The molecule has 0 saturated carbocycles. The zero-order chi connectivity index (χ0) is 21.1. The van der Waals surface area contributed by atoms with E-state index in [4.69, 9.17) is 15.2 Å². The highest BCUT2D eigenvalue weighted by Gasteiger charge is 2.36. The number of carboxylic acids is 1. The summed E-state index contributed by atoms with van der Waals surface area (Å²) < 4.78 is 12.5. The Morgan fingerprint density at radius 3 is 2.72 bits per heavy atom. The largest absolute Gasteiger partial charge is 0.489 e. The summed E-state index contributed by atoms with van der Waals surface area (Å²) >= 11 is 0. The fourth-order valence-electron chi connectivity index (χ4n) is 4.06. The zero-order valence-corrected chi connectivity index (χ0v) is 17.0. The highest BCUT2D eigenvalue weighted by molar-refractivity contribution is 5.92. The average molecular weight is 404 g/mol. The summed E-state index contributed by atoms with van der Waals surface area (Å²) in [5, 5.41) is 9.77.